The van der Waals surface area contributed by atoms with Crippen molar-refractivity contribution in [3.63, 3.8) is 0 Å². The lowest BCUT2D eigenvalue weighted by Crippen LogP contribution is -2.08. The van der Waals surface area contributed by atoms with Crippen LogP contribution in [0.2, 0.25) is 10.0 Å². The van der Waals surface area contributed by atoms with Gasteiger partial charge in [-0.15, -0.1) is 0 Å². The van der Waals surface area contributed by atoms with Crippen molar-refractivity contribution in [2.75, 3.05) is 4.72 Å². The smallest absolute Gasteiger partial charge is 0.255 e. The molecule has 0 heterocycles. The molecule has 0 aliphatic heterocycles. The van der Waals surface area contributed by atoms with E-state index in [1.54, 1.807) is 54.6 Å². The van der Waals surface area contributed by atoms with Crippen LogP contribution >= 0.6 is 23.2 Å². The second kappa shape index (κ2) is 9.15. The van der Waals surface area contributed by atoms with Crippen molar-refractivity contribution in [3.8, 4) is 5.75 Å². The largest absolute Gasteiger partial charge is 0.489 e. The summed E-state index contributed by atoms with van der Waals surface area (Å²) in [6, 6.07) is 21.0. The van der Waals surface area contributed by atoms with E-state index in [0.29, 0.717) is 33.7 Å². The maximum absolute atomic E-state index is 12.2. The van der Waals surface area contributed by atoms with Gasteiger partial charge in [0.05, 0.1) is 5.41 Å². The second-order valence-electron chi connectivity index (χ2n) is 5.95. The normalized spacial score (nSPS) is 11.5. The van der Waals surface area contributed by atoms with Gasteiger partial charge in [0.15, 0.2) is 0 Å². The van der Waals surface area contributed by atoms with E-state index in [-0.39, 0.29) is 0 Å². The molecule has 3 rings (SSSR count). The van der Waals surface area contributed by atoms with Gasteiger partial charge in [0.1, 0.15) is 12.4 Å². The summed E-state index contributed by atoms with van der Waals surface area (Å²) >= 11 is 11.8. The van der Waals surface area contributed by atoms with E-state index in [4.69, 9.17) is 27.9 Å². The van der Waals surface area contributed by atoms with Crippen LogP contribution in [0.25, 0.3) is 6.08 Å². The molecule has 0 amide bonds. The number of ether oxygens (including phenoxy) is 1. The van der Waals surface area contributed by atoms with E-state index in [2.05, 4.69) is 4.72 Å². The van der Waals surface area contributed by atoms with Crippen LogP contribution in [0.15, 0.2) is 78.2 Å². The molecule has 4 nitrogen and oxygen atoms in total. The highest BCUT2D eigenvalue weighted by molar-refractivity contribution is 7.95. The summed E-state index contributed by atoms with van der Waals surface area (Å²) in [5.41, 5.74) is 2.08. The first-order valence-corrected chi connectivity index (χ1v) is 10.6. The Morgan fingerprint density at radius 1 is 0.893 bits per heavy atom. The first-order chi connectivity index (χ1) is 13.4. The molecule has 28 heavy (non-hydrogen) atoms. The first kappa shape index (κ1) is 20.3. The molecule has 0 bridgehead atoms. The monoisotopic (exact) mass is 433 g/mol. The zero-order valence-corrected chi connectivity index (χ0v) is 17.0. The van der Waals surface area contributed by atoms with Crippen LogP contribution in [0.4, 0.5) is 5.69 Å². The summed E-state index contributed by atoms with van der Waals surface area (Å²) in [6.45, 7) is 0.369. The van der Waals surface area contributed by atoms with E-state index in [0.717, 1.165) is 11.0 Å². The van der Waals surface area contributed by atoms with E-state index in [9.17, 15) is 8.42 Å². The number of halogens is 2. The lowest BCUT2D eigenvalue weighted by atomic mass is 10.2. The fraction of sp³-hybridized carbons (Fsp3) is 0.0476. The van der Waals surface area contributed by atoms with Gasteiger partial charge in [-0.25, -0.2) is 8.42 Å². The summed E-state index contributed by atoms with van der Waals surface area (Å²) in [7, 11) is -3.65. The molecule has 0 saturated heterocycles. The van der Waals surface area contributed by atoms with Crippen LogP contribution in [0.1, 0.15) is 11.1 Å². The average Bonchev–Trinajstić information content (AvgIpc) is 2.66. The van der Waals surface area contributed by atoms with Gasteiger partial charge in [-0.2, -0.15) is 0 Å². The minimum absolute atomic E-state index is 0.369. The number of anilines is 1. The minimum atomic E-state index is -3.65. The fourth-order valence-electron chi connectivity index (χ4n) is 2.39. The maximum Gasteiger partial charge on any atom is 0.255 e. The van der Waals surface area contributed by atoms with Crippen molar-refractivity contribution in [1.82, 2.24) is 0 Å². The van der Waals surface area contributed by atoms with Gasteiger partial charge < -0.3 is 4.74 Å². The predicted octanol–water partition coefficient (Wildman–Crippen LogP) is 5.99. The zero-order chi connectivity index (χ0) is 20.0. The zero-order valence-electron chi connectivity index (χ0n) is 14.7. The summed E-state index contributed by atoms with van der Waals surface area (Å²) in [5, 5.41) is 2.29. The minimum Gasteiger partial charge on any atom is -0.489 e. The van der Waals surface area contributed by atoms with Gasteiger partial charge in [0, 0.05) is 15.7 Å². The molecule has 0 atom stereocenters. The fourth-order valence-corrected chi connectivity index (χ4v) is 3.67. The van der Waals surface area contributed by atoms with Crippen LogP contribution < -0.4 is 9.46 Å². The van der Waals surface area contributed by atoms with E-state index >= 15 is 0 Å². The molecule has 0 radical (unpaired) electrons. The lowest BCUT2D eigenvalue weighted by Gasteiger charge is -2.08. The van der Waals surface area contributed by atoms with Gasteiger partial charge >= 0.3 is 0 Å². The molecule has 1 N–H and O–H groups in total. The summed E-state index contributed by atoms with van der Waals surface area (Å²) in [5.74, 6) is 0.623. The molecule has 0 unspecified atom stereocenters. The third-order valence-electron chi connectivity index (χ3n) is 3.70. The Morgan fingerprint density at radius 2 is 1.57 bits per heavy atom. The molecule has 0 aromatic heterocycles. The summed E-state index contributed by atoms with van der Waals surface area (Å²) < 4.78 is 32.6. The number of sulfonamides is 1. The predicted molar refractivity (Wildman–Crippen MR) is 115 cm³/mol. The third-order valence-corrected chi connectivity index (χ3v) is 5.18. The number of hydrogen-bond acceptors (Lipinski definition) is 3. The van der Waals surface area contributed by atoms with Crippen LogP contribution in [0.5, 0.6) is 5.75 Å². The third kappa shape index (κ3) is 6.30. The van der Waals surface area contributed by atoms with Gasteiger partial charge in [0.2, 0.25) is 0 Å². The Kier molecular flexibility index (Phi) is 6.62. The lowest BCUT2D eigenvalue weighted by molar-refractivity contribution is 0.306. The van der Waals surface area contributed by atoms with Crippen molar-refractivity contribution >= 4 is 45.0 Å². The van der Waals surface area contributed by atoms with Crippen molar-refractivity contribution in [2.45, 2.75) is 6.61 Å². The Labute approximate surface area is 174 Å². The van der Waals surface area contributed by atoms with Gasteiger partial charge in [-0.3, -0.25) is 4.72 Å². The Balaban J connectivity index is 1.60. The Bertz CT molecular complexity index is 1080. The summed E-state index contributed by atoms with van der Waals surface area (Å²) in [6.07, 6.45) is 1.48. The molecule has 0 aliphatic rings. The molecule has 0 aliphatic carbocycles. The van der Waals surface area contributed by atoms with Crippen LogP contribution in [0.3, 0.4) is 0 Å². The highest BCUT2D eigenvalue weighted by Crippen LogP contribution is 2.20. The molecule has 7 heteroatoms. The standard InChI is InChI=1S/C21H17Cl2NO3S/c22-18-5-1-3-16(13-18)11-12-28(25,26)24-20-7-9-21(10-8-20)27-15-17-4-2-6-19(23)14-17/h1-14,24H,15H2/b12-11+. The average molecular weight is 434 g/mol. The highest BCUT2D eigenvalue weighted by Gasteiger charge is 2.06. The topological polar surface area (TPSA) is 55.4 Å². The van der Waals surface area contributed by atoms with Crippen molar-refractivity contribution in [3.05, 3.63) is 99.4 Å². The Morgan fingerprint density at radius 3 is 2.25 bits per heavy atom. The first-order valence-electron chi connectivity index (χ1n) is 8.33. The number of benzene rings is 3. The molecular weight excluding hydrogens is 417 g/mol. The molecule has 3 aromatic rings. The summed E-state index contributed by atoms with van der Waals surface area (Å²) in [4.78, 5) is 0. The highest BCUT2D eigenvalue weighted by atomic mass is 35.5. The van der Waals surface area contributed by atoms with Crippen molar-refractivity contribution in [2.24, 2.45) is 0 Å². The van der Waals surface area contributed by atoms with E-state index in [1.165, 1.54) is 6.08 Å². The number of nitrogens with one attached hydrogen (secondary N) is 1. The number of rotatable bonds is 7. The quantitative estimate of drug-likeness (QED) is 0.497. The van der Waals surface area contributed by atoms with Crippen LogP contribution in [0, 0.1) is 0 Å². The molecule has 0 fully saturated rings. The van der Waals surface area contributed by atoms with Gasteiger partial charge in [-0.05, 0) is 65.7 Å². The van der Waals surface area contributed by atoms with Crippen molar-refractivity contribution < 1.29 is 13.2 Å². The van der Waals surface area contributed by atoms with E-state index < -0.39 is 10.0 Å². The molecule has 0 saturated carbocycles. The van der Waals surface area contributed by atoms with Crippen molar-refractivity contribution in [1.29, 1.82) is 0 Å². The van der Waals surface area contributed by atoms with Crippen LogP contribution in [-0.2, 0) is 16.6 Å². The van der Waals surface area contributed by atoms with Gasteiger partial charge in [0.25, 0.3) is 10.0 Å². The van der Waals surface area contributed by atoms with Crippen LogP contribution in [-0.4, -0.2) is 8.42 Å². The van der Waals surface area contributed by atoms with E-state index in [1.807, 2.05) is 18.2 Å². The molecule has 0 spiro atoms. The molecular formula is C21H17Cl2NO3S. The molecule has 144 valence electrons. The SMILES string of the molecule is O=S(=O)(/C=C/c1cccc(Cl)c1)Nc1ccc(OCc2cccc(Cl)c2)cc1. The van der Waals surface area contributed by atoms with Gasteiger partial charge in [-0.1, -0.05) is 47.5 Å². The molecule has 3 aromatic carbocycles. The Hall–Kier alpha value is -2.47. The number of hydrogen-bond donors (Lipinski definition) is 1. The maximum atomic E-state index is 12.2. The second-order valence-corrected chi connectivity index (χ2v) is 8.39.